The number of carboxylic acids is 1. The second-order valence-corrected chi connectivity index (χ2v) is 8.96. The van der Waals surface area contributed by atoms with Crippen molar-refractivity contribution in [3.05, 3.63) is 78.3 Å². The molecule has 35 heavy (non-hydrogen) atoms. The number of carbonyl (C=O) groups is 2. The number of nitrogens with one attached hydrogen (secondary N) is 3. The fourth-order valence-corrected chi connectivity index (χ4v) is 3.99. The lowest BCUT2D eigenvalue weighted by atomic mass is 10.0. The molecule has 3 rings (SSSR count). The van der Waals surface area contributed by atoms with Crippen molar-refractivity contribution in [1.82, 2.24) is 4.98 Å². The molecule has 1 heterocycles. The monoisotopic (exact) mass is 518 g/mol. The fourth-order valence-electron chi connectivity index (χ4n) is 3.52. The second-order valence-electron chi connectivity index (χ2n) is 8.12. The third kappa shape index (κ3) is 6.37. The van der Waals surface area contributed by atoms with Crippen molar-refractivity contribution in [2.24, 2.45) is 0 Å². The molecule has 0 saturated carbocycles. The molecule has 2 atom stereocenters. The maximum atomic E-state index is 12.4. The van der Waals surface area contributed by atoms with Crippen LogP contribution >= 0.6 is 23.2 Å². The van der Waals surface area contributed by atoms with E-state index in [2.05, 4.69) is 20.9 Å². The maximum Gasteiger partial charge on any atom is 0.326 e. The minimum Gasteiger partial charge on any atom is -0.480 e. The van der Waals surface area contributed by atoms with E-state index in [1.54, 1.807) is 24.3 Å². The van der Waals surface area contributed by atoms with E-state index in [1.165, 1.54) is 12.3 Å². The van der Waals surface area contributed by atoms with E-state index in [-0.39, 0.29) is 34.6 Å². The van der Waals surface area contributed by atoms with Gasteiger partial charge in [-0.05, 0) is 37.1 Å². The molecule has 9 nitrogen and oxygen atoms in total. The number of amides is 1. The molecule has 0 saturated heterocycles. The summed E-state index contributed by atoms with van der Waals surface area (Å²) < 4.78 is 0. The van der Waals surface area contributed by atoms with E-state index in [0.717, 1.165) is 12.8 Å². The molecule has 0 radical (unpaired) electrons. The SMILES string of the molecule is CCC[C@H](C)Nc1c(N[C@@H](Cc2ccc(NC(=O)c3ncc(Cl)cc3Cl)cc2)C(=O)O)c(=O)c1=O. The number of nitrogens with zero attached hydrogens (tertiary/aromatic N) is 1. The highest BCUT2D eigenvalue weighted by atomic mass is 35.5. The van der Waals surface area contributed by atoms with Gasteiger partial charge in [-0.1, -0.05) is 48.7 Å². The Morgan fingerprint density at radius 2 is 1.69 bits per heavy atom. The van der Waals surface area contributed by atoms with Crippen LogP contribution in [0.1, 0.15) is 42.7 Å². The average Bonchev–Trinajstić information content (AvgIpc) is 2.81. The van der Waals surface area contributed by atoms with E-state index in [9.17, 15) is 24.3 Å². The molecular formula is C24H24Cl2N4O5. The van der Waals surface area contributed by atoms with Gasteiger partial charge in [-0.15, -0.1) is 0 Å². The number of hydrogen-bond acceptors (Lipinski definition) is 7. The molecular weight excluding hydrogens is 495 g/mol. The lowest BCUT2D eigenvalue weighted by Gasteiger charge is -2.22. The number of benzene rings is 1. The van der Waals surface area contributed by atoms with E-state index in [4.69, 9.17) is 23.2 Å². The number of carboxylic acid groups (broad SMARTS) is 1. The number of anilines is 3. The predicted molar refractivity (Wildman–Crippen MR) is 137 cm³/mol. The van der Waals surface area contributed by atoms with E-state index in [1.807, 2.05) is 13.8 Å². The third-order valence-corrected chi connectivity index (χ3v) is 5.81. The van der Waals surface area contributed by atoms with Crippen LogP contribution in [0.3, 0.4) is 0 Å². The van der Waals surface area contributed by atoms with E-state index in [0.29, 0.717) is 16.3 Å². The maximum absolute atomic E-state index is 12.4. The lowest BCUT2D eigenvalue weighted by Crippen LogP contribution is -2.43. The van der Waals surface area contributed by atoms with Gasteiger partial charge in [0.05, 0.1) is 10.0 Å². The van der Waals surface area contributed by atoms with Crippen LogP contribution in [-0.4, -0.2) is 34.1 Å². The van der Waals surface area contributed by atoms with Gasteiger partial charge in [-0.3, -0.25) is 14.4 Å². The van der Waals surface area contributed by atoms with Gasteiger partial charge in [0.1, 0.15) is 23.1 Å². The van der Waals surface area contributed by atoms with Gasteiger partial charge >= 0.3 is 5.97 Å². The van der Waals surface area contributed by atoms with Gasteiger partial charge in [0.15, 0.2) is 0 Å². The minimum absolute atomic E-state index is 0.0124. The molecule has 0 fully saturated rings. The largest absolute Gasteiger partial charge is 0.480 e. The van der Waals surface area contributed by atoms with Gasteiger partial charge in [-0.25, -0.2) is 9.78 Å². The molecule has 184 valence electrons. The quantitative estimate of drug-likeness (QED) is 0.280. The van der Waals surface area contributed by atoms with Crippen LogP contribution in [0.15, 0.2) is 46.1 Å². The zero-order valence-electron chi connectivity index (χ0n) is 19.0. The van der Waals surface area contributed by atoms with Crippen molar-refractivity contribution < 1.29 is 14.7 Å². The zero-order valence-corrected chi connectivity index (χ0v) is 20.5. The van der Waals surface area contributed by atoms with Crippen molar-refractivity contribution in [2.45, 2.75) is 45.2 Å². The molecule has 2 aromatic carbocycles. The van der Waals surface area contributed by atoms with Crippen LogP contribution in [0.5, 0.6) is 0 Å². The Kier molecular flexibility index (Phi) is 8.48. The number of pyridine rings is 1. The summed E-state index contributed by atoms with van der Waals surface area (Å²) in [5, 5.41) is 18.4. The molecule has 11 heteroatoms. The Balaban J connectivity index is 1.68. The van der Waals surface area contributed by atoms with Gasteiger partial charge in [0.25, 0.3) is 16.8 Å². The van der Waals surface area contributed by atoms with Crippen LogP contribution in [0, 0.1) is 0 Å². The Hall–Kier alpha value is -3.43. The first-order valence-electron chi connectivity index (χ1n) is 10.9. The van der Waals surface area contributed by atoms with Crippen molar-refractivity contribution in [1.29, 1.82) is 0 Å². The highest BCUT2D eigenvalue weighted by Gasteiger charge is 2.27. The van der Waals surface area contributed by atoms with Gasteiger partial charge in [0, 0.05) is 24.3 Å². The Morgan fingerprint density at radius 1 is 1.06 bits per heavy atom. The average molecular weight is 519 g/mol. The Morgan fingerprint density at radius 3 is 2.26 bits per heavy atom. The summed E-state index contributed by atoms with van der Waals surface area (Å²) >= 11 is 11.8. The minimum atomic E-state index is -1.17. The lowest BCUT2D eigenvalue weighted by molar-refractivity contribution is -0.137. The summed E-state index contributed by atoms with van der Waals surface area (Å²) in [6.45, 7) is 3.89. The summed E-state index contributed by atoms with van der Waals surface area (Å²) in [4.78, 5) is 52.2. The summed E-state index contributed by atoms with van der Waals surface area (Å²) in [7, 11) is 0. The summed E-state index contributed by atoms with van der Waals surface area (Å²) in [5.74, 6) is -1.70. The first-order chi connectivity index (χ1) is 16.6. The molecule has 1 amide bonds. The van der Waals surface area contributed by atoms with Crippen molar-refractivity contribution in [3.63, 3.8) is 0 Å². The molecule has 0 unspecified atom stereocenters. The van der Waals surface area contributed by atoms with Gasteiger partial charge in [0.2, 0.25) is 0 Å². The number of halogens is 2. The smallest absolute Gasteiger partial charge is 0.326 e. The van der Waals surface area contributed by atoms with Crippen LogP contribution in [0.2, 0.25) is 10.0 Å². The van der Waals surface area contributed by atoms with Crippen molar-refractivity contribution in [2.75, 3.05) is 16.0 Å². The standard InChI is InChI=1S/C24H24Cl2N4O5/c1-3-4-12(2)28-19-20(22(32)21(19)31)30-17(24(34)35)9-13-5-7-15(8-6-13)29-23(33)18-16(26)10-14(25)11-27-18/h5-8,10-12,17,28,30H,3-4,9H2,1-2H3,(H,29,33)(H,34,35)/t12-,17-/m0/s1. The molecule has 0 aliphatic heterocycles. The first-order valence-corrected chi connectivity index (χ1v) is 11.7. The van der Waals surface area contributed by atoms with Crippen LogP contribution in [0.4, 0.5) is 17.1 Å². The highest BCUT2D eigenvalue weighted by Crippen LogP contribution is 2.22. The zero-order chi connectivity index (χ0) is 25.7. The molecule has 0 aliphatic carbocycles. The topological polar surface area (TPSA) is 137 Å². The molecule has 0 aliphatic rings. The third-order valence-electron chi connectivity index (χ3n) is 5.31. The molecule has 1 aromatic heterocycles. The summed E-state index contributed by atoms with van der Waals surface area (Å²) in [6.07, 6.45) is 3.04. The molecule has 0 spiro atoms. The van der Waals surface area contributed by atoms with Gasteiger partial charge in [-0.2, -0.15) is 0 Å². The van der Waals surface area contributed by atoms with Crippen LogP contribution in [-0.2, 0) is 11.2 Å². The molecule has 4 N–H and O–H groups in total. The summed E-state index contributed by atoms with van der Waals surface area (Å²) in [5.41, 5.74) is -0.189. The Bertz CT molecular complexity index is 1300. The van der Waals surface area contributed by atoms with E-state index >= 15 is 0 Å². The fraction of sp³-hybridized carbons (Fsp3) is 0.292. The first kappa shape index (κ1) is 26.2. The van der Waals surface area contributed by atoms with Gasteiger partial charge < -0.3 is 21.1 Å². The molecule has 3 aromatic rings. The normalized spacial score (nSPS) is 12.7. The number of rotatable bonds is 11. The van der Waals surface area contributed by atoms with Crippen molar-refractivity contribution in [3.8, 4) is 0 Å². The highest BCUT2D eigenvalue weighted by molar-refractivity contribution is 6.36. The van der Waals surface area contributed by atoms with Crippen molar-refractivity contribution >= 4 is 52.1 Å². The number of aliphatic carboxylic acids is 1. The summed E-state index contributed by atoms with van der Waals surface area (Å²) in [6, 6.07) is 6.74. The molecule has 0 bridgehead atoms. The Labute approximate surface area is 211 Å². The number of hydrogen-bond donors (Lipinski definition) is 4. The number of carbonyl (C=O) groups excluding carboxylic acids is 1. The van der Waals surface area contributed by atoms with Crippen LogP contribution < -0.4 is 26.8 Å². The van der Waals surface area contributed by atoms with Crippen LogP contribution in [0.25, 0.3) is 0 Å². The second kappa shape index (κ2) is 11.3. The predicted octanol–water partition coefficient (Wildman–Crippen LogP) is 3.95. The van der Waals surface area contributed by atoms with E-state index < -0.39 is 28.8 Å². The number of aromatic nitrogens is 1.